The first-order chi connectivity index (χ1) is 13.8. The molecule has 162 valence electrons. The molecule has 0 fully saturated rings. The van der Waals surface area contributed by atoms with E-state index in [0.29, 0.717) is 23.7 Å². The maximum Gasteiger partial charge on any atom is 0.294 e. The van der Waals surface area contributed by atoms with Crippen LogP contribution in [0.1, 0.15) is 26.3 Å². The van der Waals surface area contributed by atoms with Crippen LogP contribution in [0.3, 0.4) is 0 Å². The molecule has 1 atom stereocenters. The van der Waals surface area contributed by atoms with Crippen LogP contribution in [0.2, 0.25) is 0 Å². The first-order valence-electron chi connectivity index (χ1n) is 9.57. The highest BCUT2D eigenvalue weighted by atomic mass is 32.2. The van der Waals surface area contributed by atoms with Crippen molar-refractivity contribution >= 4 is 21.5 Å². The van der Waals surface area contributed by atoms with E-state index in [0.717, 1.165) is 5.75 Å². The third kappa shape index (κ3) is 6.88. The smallest absolute Gasteiger partial charge is 0.294 e. The quantitative estimate of drug-likeness (QED) is 0.650. The molecule has 9 heteroatoms. The van der Waals surface area contributed by atoms with E-state index in [1.807, 2.05) is 10.8 Å². The fraction of sp³-hybridized carbons (Fsp3) is 0.500. The zero-order chi connectivity index (χ0) is 21.4. The lowest BCUT2D eigenvalue weighted by molar-refractivity contribution is 0.0544. The van der Waals surface area contributed by atoms with E-state index >= 15 is 0 Å². The van der Waals surface area contributed by atoms with Crippen LogP contribution in [0, 0.1) is 6.92 Å². The lowest BCUT2D eigenvalue weighted by Gasteiger charge is -2.24. The molecule has 1 aromatic carbocycles. The second kappa shape index (κ2) is 10.8. The van der Waals surface area contributed by atoms with E-state index in [1.54, 1.807) is 6.92 Å². The molecule has 1 aromatic heterocycles. The summed E-state index contributed by atoms with van der Waals surface area (Å²) >= 11 is 1.51. The van der Waals surface area contributed by atoms with Gasteiger partial charge in [-0.15, -0.1) is 11.3 Å². The number of hydrogen-bond donors (Lipinski definition) is 1. The number of rotatable bonds is 7. The second-order valence-corrected chi connectivity index (χ2v) is 8.65. The average Bonchev–Trinajstić information content (AvgIpc) is 3.16. The van der Waals surface area contributed by atoms with Gasteiger partial charge < -0.3 is 19.1 Å². The van der Waals surface area contributed by atoms with Gasteiger partial charge in [0.1, 0.15) is 19.0 Å². The molecule has 0 amide bonds. The number of thiophene rings is 1. The minimum atomic E-state index is -4.20. The van der Waals surface area contributed by atoms with Gasteiger partial charge >= 0.3 is 0 Å². The Hall–Kier alpha value is -1.81. The fourth-order valence-electron chi connectivity index (χ4n) is 2.74. The molecule has 0 spiro atoms. The molecule has 2 heterocycles. The summed E-state index contributed by atoms with van der Waals surface area (Å²) in [5.74, 6) is 1.99. The molecule has 0 radical (unpaired) electrons. The van der Waals surface area contributed by atoms with Crippen LogP contribution in [0.15, 0.2) is 33.9 Å². The van der Waals surface area contributed by atoms with Crippen LogP contribution in [-0.2, 0) is 10.1 Å². The van der Waals surface area contributed by atoms with E-state index in [9.17, 15) is 8.42 Å². The summed E-state index contributed by atoms with van der Waals surface area (Å²) in [6.45, 7) is 12.5. The van der Waals surface area contributed by atoms with Crippen molar-refractivity contribution in [3.05, 3.63) is 34.5 Å². The number of hydrogen-bond acceptors (Lipinski definition) is 7. The van der Waals surface area contributed by atoms with Crippen LogP contribution < -0.4 is 14.2 Å². The van der Waals surface area contributed by atoms with Crippen molar-refractivity contribution < 1.29 is 27.2 Å². The van der Waals surface area contributed by atoms with Crippen LogP contribution in [0.5, 0.6) is 17.2 Å². The lowest BCUT2D eigenvalue weighted by Crippen LogP contribution is -2.34. The van der Waals surface area contributed by atoms with Crippen LogP contribution in [-0.4, -0.2) is 56.8 Å². The lowest BCUT2D eigenvalue weighted by atomic mass is 10.2. The molecular weight excluding hydrogens is 414 g/mol. The van der Waals surface area contributed by atoms with Crippen LogP contribution in [0.25, 0.3) is 0 Å². The number of nitrogens with zero attached hydrogens (tertiary/aromatic N) is 1. The Morgan fingerprint density at radius 2 is 1.83 bits per heavy atom. The number of aryl methyl sites for hydroxylation is 1. The molecule has 1 N–H and O–H groups in total. The number of ether oxygens (including phenoxy) is 3. The van der Waals surface area contributed by atoms with Gasteiger partial charge in [0.05, 0.1) is 4.90 Å². The van der Waals surface area contributed by atoms with Crippen molar-refractivity contribution in [1.29, 1.82) is 0 Å². The van der Waals surface area contributed by atoms with Crippen molar-refractivity contribution in [2.45, 2.75) is 38.7 Å². The standard InChI is InChI=1S/C14H14O6S2.C6H15N/c1-9-4-11(22(15,16)17)2-3-12(9)18-5-10-6-19-13-7-21-8-14(13)20-10;1-4-7(5-2)6-3/h2-4,7-8,10H,5-6H2,1H3,(H,15,16,17);4-6H2,1-3H3. The monoisotopic (exact) mass is 443 g/mol. The Bertz CT molecular complexity index is 871. The summed E-state index contributed by atoms with van der Waals surface area (Å²) in [4.78, 5) is 2.22. The van der Waals surface area contributed by atoms with Gasteiger partial charge in [-0.3, -0.25) is 4.55 Å². The van der Waals surface area contributed by atoms with Gasteiger partial charge in [-0.05, 0) is 50.3 Å². The molecule has 1 aliphatic rings. The summed E-state index contributed by atoms with van der Waals surface area (Å²) < 4.78 is 48.1. The first-order valence-corrected chi connectivity index (χ1v) is 12.0. The summed E-state index contributed by atoms with van der Waals surface area (Å²) in [6.07, 6.45) is -0.234. The topological polar surface area (TPSA) is 85.3 Å². The number of benzene rings is 1. The maximum atomic E-state index is 11.1. The molecule has 1 aliphatic heterocycles. The van der Waals surface area contributed by atoms with Crippen molar-refractivity contribution in [2.24, 2.45) is 0 Å². The van der Waals surface area contributed by atoms with Gasteiger partial charge in [0.25, 0.3) is 10.1 Å². The third-order valence-corrected chi connectivity index (χ3v) is 6.07. The highest BCUT2D eigenvalue weighted by Gasteiger charge is 2.22. The normalized spacial score (nSPS) is 15.6. The Morgan fingerprint density at radius 3 is 2.38 bits per heavy atom. The van der Waals surface area contributed by atoms with Gasteiger partial charge in [0.2, 0.25) is 0 Å². The Kier molecular flexibility index (Phi) is 8.76. The molecule has 29 heavy (non-hydrogen) atoms. The van der Waals surface area contributed by atoms with Crippen molar-refractivity contribution in [3.8, 4) is 17.2 Å². The summed E-state index contributed by atoms with van der Waals surface area (Å²) in [7, 11) is -4.20. The Labute approximate surface area is 177 Å². The predicted molar refractivity (Wildman–Crippen MR) is 114 cm³/mol. The van der Waals surface area contributed by atoms with E-state index in [1.165, 1.54) is 49.2 Å². The molecule has 0 aliphatic carbocycles. The molecule has 1 unspecified atom stereocenters. The molecule has 2 aromatic rings. The zero-order valence-corrected chi connectivity index (χ0v) is 18.9. The molecule has 7 nitrogen and oxygen atoms in total. The minimum absolute atomic E-state index is 0.155. The number of fused-ring (bicyclic) bond motifs is 1. The van der Waals surface area contributed by atoms with Gasteiger partial charge in [-0.25, -0.2) is 0 Å². The second-order valence-electron chi connectivity index (χ2n) is 6.48. The van der Waals surface area contributed by atoms with E-state index in [2.05, 4.69) is 25.7 Å². The predicted octanol–water partition coefficient (Wildman–Crippen LogP) is 3.87. The van der Waals surface area contributed by atoms with Gasteiger partial charge in [-0.1, -0.05) is 20.8 Å². The summed E-state index contributed by atoms with van der Waals surface area (Å²) in [6, 6.07) is 4.17. The van der Waals surface area contributed by atoms with Gasteiger partial charge in [0, 0.05) is 10.8 Å². The SMILES string of the molecule is CCN(CC)CC.Cc1cc(S(=O)(=O)O)ccc1OCC1COc2cscc2O1. The summed E-state index contributed by atoms with van der Waals surface area (Å²) in [5, 5.41) is 3.75. The average molecular weight is 444 g/mol. The first kappa shape index (κ1) is 23.5. The van der Waals surface area contributed by atoms with Gasteiger partial charge in [-0.2, -0.15) is 8.42 Å². The fourth-order valence-corrected chi connectivity index (χ4v) is 3.98. The van der Waals surface area contributed by atoms with E-state index in [4.69, 9.17) is 18.8 Å². The molecule has 0 saturated heterocycles. The zero-order valence-electron chi connectivity index (χ0n) is 17.3. The molecule has 0 saturated carbocycles. The van der Waals surface area contributed by atoms with Crippen molar-refractivity contribution in [3.63, 3.8) is 0 Å². The van der Waals surface area contributed by atoms with Gasteiger partial charge in [0.15, 0.2) is 17.6 Å². The molecule has 0 bridgehead atoms. The Morgan fingerprint density at radius 1 is 1.17 bits per heavy atom. The Balaban J connectivity index is 0.000000370. The largest absolute Gasteiger partial charge is 0.489 e. The van der Waals surface area contributed by atoms with Crippen LogP contribution >= 0.6 is 11.3 Å². The van der Waals surface area contributed by atoms with Crippen molar-refractivity contribution in [2.75, 3.05) is 32.8 Å². The molecule has 3 rings (SSSR count). The minimum Gasteiger partial charge on any atom is -0.489 e. The van der Waals surface area contributed by atoms with E-state index in [-0.39, 0.29) is 17.6 Å². The molecular formula is C20H29NO6S2. The summed E-state index contributed by atoms with van der Waals surface area (Å²) in [5.41, 5.74) is 0.614. The highest BCUT2D eigenvalue weighted by molar-refractivity contribution is 7.85. The van der Waals surface area contributed by atoms with Crippen molar-refractivity contribution in [1.82, 2.24) is 4.90 Å². The van der Waals surface area contributed by atoms with E-state index < -0.39 is 10.1 Å². The third-order valence-electron chi connectivity index (χ3n) is 4.52. The highest BCUT2D eigenvalue weighted by Crippen LogP contribution is 2.35. The maximum absolute atomic E-state index is 11.1. The van der Waals surface area contributed by atoms with Crippen LogP contribution in [0.4, 0.5) is 0 Å².